The van der Waals surface area contributed by atoms with E-state index in [0.717, 1.165) is 10.9 Å². The molecule has 3 unspecified atom stereocenters. The van der Waals surface area contributed by atoms with Crippen molar-refractivity contribution < 1.29 is 34.2 Å². The molecule has 184 valence electrons. The number of para-hydroxylation sites is 1. The van der Waals surface area contributed by atoms with Crippen LogP contribution in [0.5, 0.6) is 0 Å². The van der Waals surface area contributed by atoms with Gasteiger partial charge in [0.1, 0.15) is 12.1 Å². The van der Waals surface area contributed by atoms with Gasteiger partial charge in [-0.3, -0.25) is 19.2 Å². The van der Waals surface area contributed by atoms with Gasteiger partial charge in [0.05, 0.1) is 19.0 Å². The van der Waals surface area contributed by atoms with E-state index in [9.17, 15) is 29.1 Å². The fourth-order valence-corrected chi connectivity index (χ4v) is 3.21. The van der Waals surface area contributed by atoms with Gasteiger partial charge in [-0.25, -0.2) is 4.79 Å². The summed E-state index contributed by atoms with van der Waals surface area (Å²) in [6.45, 7) is 2.77. The molecule has 0 spiro atoms. The molecule has 3 atom stereocenters. The second kappa shape index (κ2) is 11.8. The number of carboxylic acids is 2. The van der Waals surface area contributed by atoms with Crippen LogP contribution in [0.3, 0.4) is 0 Å². The molecule has 0 aliphatic carbocycles. The predicted octanol–water partition coefficient (Wildman–Crippen LogP) is -0.661. The maximum absolute atomic E-state index is 12.4. The number of carbonyl (C=O) groups is 5. The highest BCUT2D eigenvalue weighted by Crippen LogP contribution is 2.19. The topological polar surface area (TPSA) is 204 Å². The number of fused-ring (bicyclic) bond motifs is 1. The minimum atomic E-state index is -1.45. The van der Waals surface area contributed by atoms with Gasteiger partial charge in [0, 0.05) is 23.5 Å². The van der Waals surface area contributed by atoms with E-state index in [1.54, 1.807) is 20.0 Å². The van der Waals surface area contributed by atoms with Gasteiger partial charge in [-0.05, 0) is 17.5 Å². The van der Waals surface area contributed by atoms with Crippen molar-refractivity contribution in [3.8, 4) is 0 Å². The smallest absolute Gasteiger partial charge is 0.326 e. The monoisotopic (exact) mass is 475 g/mol. The maximum atomic E-state index is 12.4. The standard InChI is InChI=1S/C22H29N5O7/c1-11(2)19(23)21(32)27-15(8-18(29)30)20(31)25-10-17(28)26-16(22(33)34)7-12-9-24-14-6-4-3-5-13(12)14/h3-6,9,11,15-16,19,24H,7-8,10,23H2,1-2H3,(H,25,31)(H,26,28)(H,27,32)(H,29,30)(H,33,34). The lowest BCUT2D eigenvalue weighted by Crippen LogP contribution is -2.55. The number of rotatable bonds is 12. The summed E-state index contributed by atoms with van der Waals surface area (Å²) in [6, 6.07) is 3.63. The Morgan fingerprint density at radius 3 is 2.29 bits per heavy atom. The number of H-pyrrole nitrogens is 1. The van der Waals surface area contributed by atoms with E-state index >= 15 is 0 Å². The molecule has 0 aliphatic rings. The molecule has 8 N–H and O–H groups in total. The summed E-state index contributed by atoms with van der Waals surface area (Å²) in [7, 11) is 0. The van der Waals surface area contributed by atoms with Gasteiger partial charge in [-0.1, -0.05) is 32.0 Å². The molecule has 2 aromatic rings. The van der Waals surface area contributed by atoms with Crippen molar-refractivity contribution in [3.63, 3.8) is 0 Å². The summed E-state index contributed by atoms with van der Waals surface area (Å²) < 4.78 is 0. The number of carbonyl (C=O) groups excluding carboxylic acids is 3. The van der Waals surface area contributed by atoms with Gasteiger partial charge < -0.3 is 36.9 Å². The van der Waals surface area contributed by atoms with Crippen molar-refractivity contribution in [1.82, 2.24) is 20.9 Å². The van der Waals surface area contributed by atoms with Crippen molar-refractivity contribution in [2.75, 3.05) is 6.54 Å². The molecule has 1 aromatic carbocycles. The van der Waals surface area contributed by atoms with Crippen LogP contribution in [0, 0.1) is 5.92 Å². The first kappa shape index (κ1) is 26.3. The first-order valence-corrected chi connectivity index (χ1v) is 10.6. The molecule has 0 aliphatic heterocycles. The molecule has 34 heavy (non-hydrogen) atoms. The van der Waals surface area contributed by atoms with E-state index < -0.39 is 60.8 Å². The molecule has 0 bridgehead atoms. The van der Waals surface area contributed by atoms with Crippen LogP contribution in [0.15, 0.2) is 30.5 Å². The Morgan fingerprint density at radius 1 is 1.00 bits per heavy atom. The van der Waals surface area contributed by atoms with Crippen molar-refractivity contribution in [3.05, 3.63) is 36.0 Å². The summed E-state index contributed by atoms with van der Waals surface area (Å²) in [5.74, 6) is -5.25. The number of hydrogen-bond acceptors (Lipinski definition) is 6. The first-order chi connectivity index (χ1) is 16.0. The van der Waals surface area contributed by atoms with Gasteiger partial charge in [0.15, 0.2) is 0 Å². The number of aromatic nitrogens is 1. The molecule has 12 nitrogen and oxygen atoms in total. The van der Waals surface area contributed by atoms with Gasteiger partial charge in [-0.2, -0.15) is 0 Å². The summed E-state index contributed by atoms with van der Waals surface area (Å²) in [5, 5.41) is 26.2. The zero-order chi connectivity index (χ0) is 25.4. The Bertz CT molecular complexity index is 1060. The fraction of sp³-hybridized carbons (Fsp3) is 0.409. The molecule has 1 heterocycles. The third-order valence-electron chi connectivity index (χ3n) is 5.19. The van der Waals surface area contributed by atoms with Crippen LogP contribution in [0.1, 0.15) is 25.8 Å². The minimum Gasteiger partial charge on any atom is -0.481 e. The van der Waals surface area contributed by atoms with Crippen LogP contribution in [-0.2, 0) is 30.4 Å². The second-order valence-electron chi connectivity index (χ2n) is 8.17. The number of aliphatic carboxylic acids is 2. The number of hydrogen-bond donors (Lipinski definition) is 7. The van der Waals surface area contributed by atoms with Gasteiger partial charge in [-0.15, -0.1) is 0 Å². The van der Waals surface area contributed by atoms with Gasteiger partial charge in [0.25, 0.3) is 0 Å². The number of amides is 3. The SMILES string of the molecule is CC(C)C(N)C(=O)NC(CC(=O)O)C(=O)NCC(=O)NC(Cc1c[nH]c2ccccc12)C(=O)O. The molecule has 2 rings (SSSR count). The van der Waals surface area contributed by atoms with E-state index in [-0.39, 0.29) is 12.3 Å². The fourth-order valence-electron chi connectivity index (χ4n) is 3.21. The third kappa shape index (κ3) is 7.30. The maximum Gasteiger partial charge on any atom is 0.326 e. The highest BCUT2D eigenvalue weighted by Gasteiger charge is 2.28. The Morgan fingerprint density at radius 2 is 1.68 bits per heavy atom. The van der Waals surface area contributed by atoms with Crippen LogP contribution in [0.25, 0.3) is 10.9 Å². The average molecular weight is 476 g/mol. The number of nitrogens with one attached hydrogen (secondary N) is 4. The van der Waals surface area contributed by atoms with Gasteiger partial charge in [0.2, 0.25) is 17.7 Å². The van der Waals surface area contributed by atoms with Crippen molar-refractivity contribution in [1.29, 1.82) is 0 Å². The normalized spacial score (nSPS) is 13.6. The lowest BCUT2D eigenvalue weighted by atomic mass is 10.0. The Labute approximate surface area is 195 Å². The quantitative estimate of drug-likeness (QED) is 0.209. The predicted molar refractivity (Wildman–Crippen MR) is 122 cm³/mol. The number of aromatic amines is 1. The summed E-state index contributed by atoms with van der Waals surface area (Å²) >= 11 is 0. The van der Waals surface area contributed by atoms with Gasteiger partial charge >= 0.3 is 11.9 Å². The highest BCUT2D eigenvalue weighted by atomic mass is 16.4. The largest absolute Gasteiger partial charge is 0.481 e. The highest BCUT2D eigenvalue weighted by molar-refractivity contribution is 5.94. The molecule has 1 aromatic heterocycles. The molecular formula is C22H29N5O7. The van der Waals surface area contributed by atoms with E-state index in [4.69, 9.17) is 10.8 Å². The lowest BCUT2D eigenvalue weighted by Gasteiger charge is -2.21. The molecule has 12 heteroatoms. The van der Waals surface area contributed by atoms with Crippen LogP contribution in [-0.4, -0.2) is 69.5 Å². The molecule has 0 fully saturated rings. The van der Waals surface area contributed by atoms with Crippen molar-refractivity contribution in [2.45, 2.75) is 44.8 Å². The Kier molecular flexibility index (Phi) is 9.13. The van der Waals surface area contributed by atoms with Crippen LogP contribution < -0.4 is 21.7 Å². The van der Waals surface area contributed by atoms with E-state index in [1.807, 2.05) is 24.3 Å². The van der Waals surface area contributed by atoms with E-state index in [0.29, 0.717) is 5.56 Å². The van der Waals surface area contributed by atoms with E-state index in [2.05, 4.69) is 20.9 Å². The molecule has 0 saturated carbocycles. The number of benzene rings is 1. The number of nitrogens with two attached hydrogens (primary N) is 1. The average Bonchev–Trinajstić information content (AvgIpc) is 3.18. The molecule has 0 saturated heterocycles. The van der Waals surface area contributed by atoms with Crippen LogP contribution >= 0.6 is 0 Å². The lowest BCUT2D eigenvalue weighted by molar-refractivity contribution is -0.142. The zero-order valence-electron chi connectivity index (χ0n) is 18.8. The first-order valence-electron chi connectivity index (χ1n) is 10.6. The Hall–Kier alpha value is -3.93. The third-order valence-corrected chi connectivity index (χ3v) is 5.19. The second-order valence-corrected chi connectivity index (χ2v) is 8.17. The molecular weight excluding hydrogens is 446 g/mol. The van der Waals surface area contributed by atoms with Crippen molar-refractivity contribution >= 4 is 40.6 Å². The van der Waals surface area contributed by atoms with Crippen LogP contribution in [0.2, 0.25) is 0 Å². The molecule has 3 amide bonds. The summed E-state index contributed by atoms with van der Waals surface area (Å²) in [4.78, 5) is 62.6. The zero-order valence-corrected chi connectivity index (χ0v) is 18.8. The Balaban J connectivity index is 1.97. The molecule has 0 radical (unpaired) electrons. The minimum absolute atomic E-state index is 0.00379. The van der Waals surface area contributed by atoms with Crippen molar-refractivity contribution in [2.24, 2.45) is 11.7 Å². The summed E-state index contributed by atoms with van der Waals surface area (Å²) in [6.07, 6.45) is 0.946. The van der Waals surface area contributed by atoms with Crippen LogP contribution in [0.4, 0.5) is 0 Å². The van der Waals surface area contributed by atoms with E-state index in [1.165, 1.54) is 0 Å². The number of carboxylic acid groups (broad SMARTS) is 2. The summed E-state index contributed by atoms with van der Waals surface area (Å²) in [5.41, 5.74) is 7.24.